The maximum atomic E-state index is 13.0. The zero-order valence-corrected chi connectivity index (χ0v) is 19.5. The van der Waals surface area contributed by atoms with Gasteiger partial charge in [0.15, 0.2) is 16.1 Å². The molecule has 0 unspecified atom stereocenters. The number of methoxy groups -OCH3 is 1. The van der Waals surface area contributed by atoms with Gasteiger partial charge in [0.2, 0.25) is 5.91 Å². The normalized spacial score (nSPS) is 10.9. The largest absolute Gasteiger partial charge is 0.496 e. The molecule has 0 bridgehead atoms. The Hall–Kier alpha value is -3.17. The Kier molecular flexibility index (Phi) is 6.87. The van der Waals surface area contributed by atoms with Crippen molar-refractivity contribution in [2.75, 3.05) is 24.3 Å². The molecule has 0 aliphatic heterocycles. The smallest absolute Gasteiger partial charge is 0.239 e. The first-order chi connectivity index (χ1) is 15.7. The molecule has 0 saturated heterocycles. The molecule has 32 heavy (non-hydrogen) atoms. The van der Waals surface area contributed by atoms with Crippen molar-refractivity contribution in [3.05, 3.63) is 61.2 Å². The number of amides is 1. The summed E-state index contributed by atoms with van der Waals surface area (Å²) in [7, 11) is 1.63. The Bertz CT molecular complexity index is 1220. The number of carbonyl (C=O) groups is 1. The van der Waals surface area contributed by atoms with Crippen molar-refractivity contribution in [1.29, 1.82) is 0 Å². The van der Waals surface area contributed by atoms with Gasteiger partial charge in [-0.15, -0.1) is 16.8 Å². The van der Waals surface area contributed by atoms with Crippen molar-refractivity contribution in [2.24, 2.45) is 0 Å². The lowest BCUT2D eigenvalue weighted by Crippen LogP contribution is -2.32. The van der Waals surface area contributed by atoms with Gasteiger partial charge in [-0.05, 0) is 31.2 Å². The summed E-state index contributed by atoms with van der Waals surface area (Å²) < 4.78 is 8.48. The predicted octanol–water partition coefficient (Wildman–Crippen LogP) is 4.89. The molecule has 0 N–H and O–H groups in total. The van der Waals surface area contributed by atoms with Gasteiger partial charge >= 0.3 is 0 Å². The molecule has 0 saturated carbocycles. The molecule has 0 spiro atoms. The highest BCUT2D eigenvalue weighted by Crippen LogP contribution is 2.32. The molecule has 4 rings (SSSR count). The summed E-state index contributed by atoms with van der Waals surface area (Å²) in [6.45, 7) is 6.87. The Labute approximate surface area is 194 Å². The van der Waals surface area contributed by atoms with Crippen LogP contribution in [0.25, 0.3) is 21.6 Å². The number of para-hydroxylation sites is 2. The number of hydrogen-bond donors (Lipinski definition) is 0. The first kappa shape index (κ1) is 22.0. The van der Waals surface area contributed by atoms with Crippen molar-refractivity contribution in [1.82, 2.24) is 19.7 Å². The molecular formula is C23H23N5O2S2. The number of benzene rings is 2. The second-order valence-corrected chi connectivity index (χ2v) is 8.75. The summed E-state index contributed by atoms with van der Waals surface area (Å²) in [5.41, 5.74) is 1.74. The van der Waals surface area contributed by atoms with Gasteiger partial charge in [-0.3, -0.25) is 14.3 Å². The van der Waals surface area contributed by atoms with E-state index in [0.717, 1.165) is 15.8 Å². The second kappa shape index (κ2) is 9.97. The third kappa shape index (κ3) is 4.39. The molecule has 9 heteroatoms. The third-order valence-electron chi connectivity index (χ3n) is 4.83. The van der Waals surface area contributed by atoms with E-state index in [1.54, 1.807) is 18.1 Å². The second-order valence-electron chi connectivity index (χ2n) is 6.80. The first-order valence-corrected chi connectivity index (χ1v) is 11.9. The van der Waals surface area contributed by atoms with Gasteiger partial charge in [-0.1, -0.05) is 53.4 Å². The summed E-state index contributed by atoms with van der Waals surface area (Å²) in [5, 5.41) is 10.1. The van der Waals surface area contributed by atoms with Gasteiger partial charge in [0.25, 0.3) is 0 Å². The Balaban J connectivity index is 1.55. The molecule has 2 aromatic heterocycles. The number of thiazole rings is 1. The molecule has 0 aliphatic carbocycles. The number of carbonyl (C=O) groups excluding carboxylic acids is 1. The van der Waals surface area contributed by atoms with Crippen molar-refractivity contribution >= 4 is 44.4 Å². The van der Waals surface area contributed by atoms with Crippen molar-refractivity contribution in [2.45, 2.75) is 18.6 Å². The van der Waals surface area contributed by atoms with Crippen LogP contribution in [0.1, 0.15) is 6.92 Å². The summed E-state index contributed by atoms with van der Waals surface area (Å²) in [5.74, 6) is 1.59. The minimum atomic E-state index is -0.0245. The van der Waals surface area contributed by atoms with Crippen molar-refractivity contribution in [3.63, 3.8) is 0 Å². The number of ether oxygens (including phenoxy) is 1. The van der Waals surface area contributed by atoms with E-state index >= 15 is 0 Å². The van der Waals surface area contributed by atoms with Crippen LogP contribution >= 0.6 is 23.1 Å². The Morgan fingerprint density at radius 3 is 2.75 bits per heavy atom. The number of fused-ring (bicyclic) bond motifs is 1. The first-order valence-electron chi connectivity index (χ1n) is 10.1. The van der Waals surface area contributed by atoms with Crippen LogP contribution in [0.5, 0.6) is 5.75 Å². The van der Waals surface area contributed by atoms with E-state index in [4.69, 9.17) is 4.74 Å². The fraction of sp³-hybridized carbons (Fsp3) is 0.217. The standard InChI is InChI=1S/C23H23N5O2S2/c1-4-14-28-21(16-10-6-8-12-18(16)30-3)25-26-23(28)31-15-20(29)27(5-2)22-24-17-11-7-9-13-19(17)32-22/h4,6-13H,1,5,14-15H2,2-3H3. The SMILES string of the molecule is C=CCn1c(SCC(=O)N(CC)c2nc3ccccc3s2)nnc1-c1ccccc1OC. The Morgan fingerprint density at radius 2 is 2.00 bits per heavy atom. The fourth-order valence-electron chi connectivity index (χ4n) is 3.32. The van der Waals surface area contributed by atoms with E-state index in [9.17, 15) is 4.79 Å². The average Bonchev–Trinajstić information content (AvgIpc) is 3.42. The number of thioether (sulfide) groups is 1. The van der Waals surface area contributed by atoms with Crippen molar-refractivity contribution in [3.8, 4) is 17.1 Å². The number of hydrogen-bond acceptors (Lipinski definition) is 7. The molecule has 2 aromatic carbocycles. The highest BCUT2D eigenvalue weighted by molar-refractivity contribution is 7.99. The van der Waals surface area contributed by atoms with Crippen LogP contribution in [0.2, 0.25) is 0 Å². The predicted molar refractivity (Wildman–Crippen MR) is 131 cm³/mol. The van der Waals surface area contributed by atoms with E-state index in [1.807, 2.05) is 60.0 Å². The lowest BCUT2D eigenvalue weighted by Gasteiger charge is -2.17. The van der Waals surface area contributed by atoms with E-state index < -0.39 is 0 Å². The van der Waals surface area contributed by atoms with E-state index in [0.29, 0.717) is 35.0 Å². The number of allylic oxidation sites excluding steroid dienone is 1. The lowest BCUT2D eigenvalue weighted by molar-refractivity contribution is -0.116. The molecule has 164 valence electrons. The number of anilines is 1. The van der Waals surface area contributed by atoms with Gasteiger partial charge in [0, 0.05) is 13.1 Å². The topological polar surface area (TPSA) is 73.1 Å². The zero-order valence-electron chi connectivity index (χ0n) is 17.9. The van der Waals surface area contributed by atoms with Gasteiger partial charge in [-0.25, -0.2) is 4.98 Å². The monoisotopic (exact) mass is 465 g/mol. The third-order valence-corrected chi connectivity index (χ3v) is 6.84. The summed E-state index contributed by atoms with van der Waals surface area (Å²) in [6, 6.07) is 15.6. The maximum absolute atomic E-state index is 13.0. The van der Waals surface area contributed by atoms with E-state index in [1.165, 1.54) is 23.1 Å². The van der Waals surface area contributed by atoms with Crippen LogP contribution in [0.3, 0.4) is 0 Å². The molecule has 0 fully saturated rings. The van der Waals surface area contributed by atoms with Gasteiger partial charge in [0.1, 0.15) is 5.75 Å². The maximum Gasteiger partial charge on any atom is 0.239 e. The van der Waals surface area contributed by atoms with E-state index in [2.05, 4.69) is 21.8 Å². The molecule has 1 amide bonds. The molecule has 0 atom stereocenters. The highest BCUT2D eigenvalue weighted by atomic mass is 32.2. The van der Waals surface area contributed by atoms with Crippen LogP contribution in [-0.4, -0.2) is 45.1 Å². The average molecular weight is 466 g/mol. The summed E-state index contributed by atoms with van der Waals surface area (Å²) >= 11 is 2.88. The molecule has 4 aromatic rings. The minimum Gasteiger partial charge on any atom is -0.496 e. The minimum absolute atomic E-state index is 0.0245. The molecule has 2 heterocycles. The van der Waals surface area contributed by atoms with Crippen LogP contribution in [0.15, 0.2) is 66.3 Å². The number of nitrogens with zero attached hydrogens (tertiary/aromatic N) is 5. The molecular weight excluding hydrogens is 442 g/mol. The van der Waals surface area contributed by atoms with Crippen LogP contribution in [-0.2, 0) is 11.3 Å². The summed E-state index contributed by atoms with van der Waals surface area (Å²) in [4.78, 5) is 19.4. The highest BCUT2D eigenvalue weighted by Gasteiger charge is 2.21. The van der Waals surface area contributed by atoms with Crippen LogP contribution in [0.4, 0.5) is 5.13 Å². The zero-order chi connectivity index (χ0) is 22.5. The lowest BCUT2D eigenvalue weighted by atomic mass is 10.2. The Morgan fingerprint density at radius 1 is 1.22 bits per heavy atom. The molecule has 0 aliphatic rings. The quantitative estimate of drug-likeness (QED) is 0.259. The van der Waals surface area contributed by atoms with Crippen LogP contribution < -0.4 is 9.64 Å². The molecule has 7 nitrogen and oxygen atoms in total. The van der Waals surface area contributed by atoms with Gasteiger partial charge in [0.05, 0.1) is 28.6 Å². The molecule has 0 radical (unpaired) electrons. The van der Waals surface area contributed by atoms with Crippen LogP contribution in [0, 0.1) is 0 Å². The van der Waals surface area contributed by atoms with Gasteiger partial charge < -0.3 is 4.74 Å². The van der Waals surface area contributed by atoms with E-state index in [-0.39, 0.29) is 11.7 Å². The number of rotatable bonds is 9. The fourth-order valence-corrected chi connectivity index (χ4v) is 5.19. The number of aromatic nitrogens is 4. The van der Waals surface area contributed by atoms with Crippen molar-refractivity contribution < 1.29 is 9.53 Å². The summed E-state index contributed by atoms with van der Waals surface area (Å²) in [6.07, 6.45) is 1.79. The van der Waals surface area contributed by atoms with Gasteiger partial charge in [-0.2, -0.15) is 0 Å².